The fraction of sp³-hybridized carbons (Fsp3) is 0.815. The van der Waals surface area contributed by atoms with Crippen molar-refractivity contribution in [1.29, 1.82) is 0 Å². The first-order valence-corrected chi connectivity index (χ1v) is 12.9. The van der Waals surface area contributed by atoms with Crippen molar-refractivity contribution in [2.24, 2.45) is 34.5 Å². The van der Waals surface area contributed by atoms with E-state index >= 15 is 0 Å². The van der Waals surface area contributed by atoms with Crippen molar-refractivity contribution in [2.75, 3.05) is 6.61 Å². The highest BCUT2D eigenvalue weighted by Crippen LogP contribution is 2.70. The minimum absolute atomic E-state index is 0.000108. The van der Waals surface area contributed by atoms with Crippen LogP contribution in [0.4, 0.5) is 0 Å². The Hall–Kier alpha value is -1.89. The van der Waals surface area contributed by atoms with Gasteiger partial charge in [-0.2, -0.15) is 0 Å². The maximum Gasteiger partial charge on any atom is 0.331 e. The second-order valence-electron chi connectivity index (χ2n) is 12.0. The van der Waals surface area contributed by atoms with Gasteiger partial charge < -0.3 is 19.3 Å². The Morgan fingerprint density at radius 3 is 2.41 bits per heavy atom. The summed E-state index contributed by atoms with van der Waals surface area (Å²) in [6.07, 6.45) is 7.98. The molecule has 5 aliphatic rings. The second kappa shape index (κ2) is 8.07. The van der Waals surface area contributed by atoms with Gasteiger partial charge in [0, 0.05) is 37.7 Å². The van der Waals surface area contributed by atoms with Gasteiger partial charge in [-0.05, 0) is 73.7 Å². The molecule has 4 saturated carbocycles. The van der Waals surface area contributed by atoms with Crippen molar-refractivity contribution in [3.05, 3.63) is 11.6 Å². The second-order valence-corrected chi connectivity index (χ2v) is 12.0. The van der Waals surface area contributed by atoms with Gasteiger partial charge in [0.2, 0.25) is 0 Å². The molecule has 4 aliphatic carbocycles. The third kappa shape index (κ3) is 3.44. The molecular weight excluding hydrogens is 436 g/mol. The number of esters is 3. The molecule has 34 heavy (non-hydrogen) atoms. The van der Waals surface area contributed by atoms with Crippen molar-refractivity contribution in [2.45, 2.75) is 96.9 Å². The molecule has 0 aromatic carbocycles. The average Bonchev–Trinajstić information content (AvgIpc) is 3.25. The van der Waals surface area contributed by atoms with Crippen LogP contribution in [0.5, 0.6) is 0 Å². The van der Waals surface area contributed by atoms with Crippen LogP contribution in [0.1, 0.15) is 79.1 Å². The molecule has 4 fully saturated rings. The Bertz CT molecular complexity index is 926. The van der Waals surface area contributed by atoms with Gasteiger partial charge in [0.25, 0.3) is 0 Å². The summed E-state index contributed by atoms with van der Waals surface area (Å²) in [5, 5.41) is 12.5. The fourth-order valence-corrected chi connectivity index (χ4v) is 9.08. The smallest absolute Gasteiger partial charge is 0.331 e. The van der Waals surface area contributed by atoms with Gasteiger partial charge in [0.15, 0.2) is 0 Å². The molecule has 0 radical (unpaired) electrons. The van der Waals surface area contributed by atoms with Gasteiger partial charge in [0.1, 0.15) is 18.8 Å². The number of aliphatic hydroxyl groups is 1. The Morgan fingerprint density at radius 1 is 1.03 bits per heavy atom. The van der Waals surface area contributed by atoms with Crippen LogP contribution < -0.4 is 0 Å². The average molecular weight is 475 g/mol. The van der Waals surface area contributed by atoms with E-state index in [1.54, 1.807) is 6.08 Å². The van der Waals surface area contributed by atoms with E-state index < -0.39 is 17.1 Å². The molecule has 7 heteroatoms. The summed E-state index contributed by atoms with van der Waals surface area (Å²) in [6, 6.07) is 0. The van der Waals surface area contributed by atoms with E-state index in [1.807, 2.05) is 0 Å². The van der Waals surface area contributed by atoms with E-state index in [4.69, 9.17) is 14.2 Å². The molecule has 7 nitrogen and oxygen atoms in total. The lowest BCUT2D eigenvalue weighted by molar-refractivity contribution is -0.210. The van der Waals surface area contributed by atoms with Gasteiger partial charge in [-0.3, -0.25) is 9.59 Å². The summed E-state index contributed by atoms with van der Waals surface area (Å²) in [5.41, 5.74) is -0.535. The standard InChI is InChI=1S/C27H38O7/c1-15(28)33-19-7-9-25(3)18(12-19)5-6-21-20(25)8-10-26(4)24(17-11-23(30)32-14-17)22(34-16(2)29)13-27(21,26)31/h11,18-22,24,31H,5-10,12-14H2,1-4H3/t18-,19+,20-,21+,22-,24-,25-,26+,27+/m0/s1. The normalized spacial score (nSPS) is 47.6. The number of rotatable bonds is 3. The Kier molecular flexibility index (Phi) is 5.66. The van der Waals surface area contributed by atoms with Gasteiger partial charge in [-0.1, -0.05) is 13.8 Å². The highest BCUT2D eigenvalue weighted by Gasteiger charge is 2.71. The largest absolute Gasteiger partial charge is 0.463 e. The van der Waals surface area contributed by atoms with Gasteiger partial charge >= 0.3 is 17.9 Å². The van der Waals surface area contributed by atoms with E-state index in [0.717, 1.165) is 50.5 Å². The number of hydrogen-bond donors (Lipinski definition) is 1. The molecule has 1 N–H and O–H groups in total. The lowest BCUT2D eigenvalue weighted by Crippen LogP contribution is -2.62. The number of carbonyl (C=O) groups is 3. The molecule has 0 saturated heterocycles. The summed E-state index contributed by atoms with van der Waals surface area (Å²) in [5.74, 6) is -0.190. The van der Waals surface area contributed by atoms with Crippen LogP contribution in [0.15, 0.2) is 11.6 Å². The topological polar surface area (TPSA) is 99.1 Å². The molecule has 0 spiro atoms. The predicted octanol–water partition coefficient (Wildman–Crippen LogP) is 3.72. The summed E-state index contributed by atoms with van der Waals surface area (Å²) >= 11 is 0. The van der Waals surface area contributed by atoms with E-state index in [9.17, 15) is 19.5 Å². The zero-order chi connectivity index (χ0) is 24.5. The van der Waals surface area contributed by atoms with Crippen molar-refractivity contribution in [1.82, 2.24) is 0 Å². The molecule has 1 heterocycles. The first kappa shape index (κ1) is 23.8. The van der Waals surface area contributed by atoms with Crippen molar-refractivity contribution in [3.8, 4) is 0 Å². The number of fused-ring (bicyclic) bond motifs is 5. The highest BCUT2D eigenvalue weighted by molar-refractivity contribution is 5.85. The molecule has 1 aliphatic heterocycles. The van der Waals surface area contributed by atoms with Crippen LogP contribution in [0.2, 0.25) is 0 Å². The SMILES string of the molecule is CC(=O)O[C@@H]1CC[C@@]2(C)[C@@H](CC[C@@H]3[C@@H]2CC[C@]2(C)[C@@H](C4=CC(=O)OC4)[C@@H](OC(C)=O)C[C@@]32O)C1. The first-order valence-electron chi connectivity index (χ1n) is 12.9. The number of cyclic esters (lactones) is 1. The van der Waals surface area contributed by atoms with Crippen LogP contribution >= 0.6 is 0 Å². The molecule has 0 bridgehead atoms. The van der Waals surface area contributed by atoms with Crippen LogP contribution in [-0.2, 0) is 28.6 Å². The number of hydrogen-bond acceptors (Lipinski definition) is 7. The molecule has 0 unspecified atom stereocenters. The van der Waals surface area contributed by atoms with E-state index in [-0.39, 0.29) is 47.9 Å². The quantitative estimate of drug-likeness (QED) is 0.492. The van der Waals surface area contributed by atoms with Crippen LogP contribution in [0.3, 0.4) is 0 Å². The van der Waals surface area contributed by atoms with Crippen LogP contribution in [0.25, 0.3) is 0 Å². The first-order chi connectivity index (χ1) is 16.0. The maximum absolute atomic E-state index is 12.5. The lowest BCUT2D eigenvalue weighted by atomic mass is 9.43. The molecular formula is C27H38O7. The van der Waals surface area contributed by atoms with E-state index in [1.165, 1.54) is 13.8 Å². The fourth-order valence-electron chi connectivity index (χ4n) is 9.08. The Balaban J connectivity index is 1.46. The minimum Gasteiger partial charge on any atom is -0.463 e. The molecule has 0 aromatic rings. The lowest BCUT2D eigenvalue weighted by Gasteiger charge is -2.63. The Morgan fingerprint density at radius 2 is 1.76 bits per heavy atom. The summed E-state index contributed by atoms with van der Waals surface area (Å²) in [6.45, 7) is 7.61. The zero-order valence-corrected chi connectivity index (χ0v) is 20.8. The molecule has 0 aromatic heterocycles. The van der Waals surface area contributed by atoms with E-state index in [0.29, 0.717) is 18.3 Å². The monoisotopic (exact) mass is 474 g/mol. The summed E-state index contributed by atoms with van der Waals surface area (Å²) in [7, 11) is 0. The van der Waals surface area contributed by atoms with E-state index in [2.05, 4.69) is 13.8 Å². The third-order valence-electron chi connectivity index (χ3n) is 10.5. The zero-order valence-electron chi connectivity index (χ0n) is 20.8. The summed E-state index contributed by atoms with van der Waals surface area (Å²) < 4.78 is 16.6. The number of carbonyl (C=O) groups excluding carboxylic acids is 3. The maximum atomic E-state index is 12.5. The highest BCUT2D eigenvalue weighted by atomic mass is 16.6. The minimum atomic E-state index is -0.978. The van der Waals surface area contributed by atoms with Gasteiger partial charge in [0.05, 0.1) is 5.60 Å². The molecule has 5 rings (SSSR count). The molecule has 0 amide bonds. The van der Waals surface area contributed by atoms with Crippen LogP contribution in [-0.4, -0.2) is 47.4 Å². The predicted molar refractivity (Wildman–Crippen MR) is 122 cm³/mol. The van der Waals surface area contributed by atoms with Crippen LogP contribution in [0, 0.1) is 34.5 Å². The third-order valence-corrected chi connectivity index (χ3v) is 10.5. The van der Waals surface area contributed by atoms with Gasteiger partial charge in [-0.25, -0.2) is 4.79 Å². The van der Waals surface area contributed by atoms with Crippen molar-refractivity contribution < 1.29 is 33.7 Å². The van der Waals surface area contributed by atoms with Crippen molar-refractivity contribution in [3.63, 3.8) is 0 Å². The van der Waals surface area contributed by atoms with Gasteiger partial charge in [-0.15, -0.1) is 0 Å². The molecule has 9 atom stereocenters. The summed E-state index contributed by atoms with van der Waals surface area (Å²) in [4.78, 5) is 35.4. The molecule has 188 valence electrons. The Labute approximate surface area is 201 Å². The number of ether oxygens (including phenoxy) is 3. The van der Waals surface area contributed by atoms with Crippen molar-refractivity contribution >= 4 is 17.9 Å².